The highest BCUT2D eigenvalue weighted by atomic mass is 32.1. The zero-order valence-electron chi connectivity index (χ0n) is 9.81. The molecule has 4 heteroatoms. The van der Waals surface area contributed by atoms with E-state index in [-0.39, 0.29) is 11.9 Å². The van der Waals surface area contributed by atoms with Crippen molar-refractivity contribution in [1.82, 2.24) is 10.3 Å². The number of carbonyl (C=O) groups excluding carboxylic acids is 1. The van der Waals surface area contributed by atoms with Gasteiger partial charge in [-0.1, -0.05) is 0 Å². The lowest BCUT2D eigenvalue weighted by Crippen LogP contribution is -2.25. The molecule has 1 N–H and O–H groups in total. The van der Waals surface area contributed by atoms with Gasteiger partial charge < -0.3 is 5.32 Å². The van der Waals surface area contributed by atoms with Crippen molar-refractivity contribution in [1.29, 1.82) is 0 Å². The number of nitrogens with zero attached hydrogens (tertiary/aromatic N) is 1. The minimum absolute atomic E-state index is 0.00657. The molecule has 2 aromatic heterocycles. The molecule has 0 fully saturated rings. The Morgan fingerprint density at radius 1 is 1.29 bits per heavy atom. The molecule has 0 aromatic carbocycles. The Labute approximate surface area is 105 Å². The zero-order chi connectivity index (χ0) is 12.3. The summed E-state index contributed by atoms with van der Waals surface area (Å²) in [6, 6.07) is 7.62. The SMILES string of the molecule is Cc1ccc(C(=O)N[C@H](C)c2ccncc2)s1. The van der Waals surface area contributed by atoms with E-state index in [4.69, 9.17) is 0 Å². The third-order valence-corrected chi connectivity index (χ3v) is 3.52. The molecule has 0 aliphatic rings. The molecule has 88 valence electrons. The number of thiophene rings is 1. The molecule has 1 amide bonds. The second-order valence-corrected chi connectivity index (χ2v) is 5.17. The van der Waals surface area contributed by atoms with Crippen molar-refractivity contribution in [2.24, 2.45) is 0 Å². The van der Waals surface area contributed by atoms with Crippen LogP contribution in [0.4, 0.5) is 0 Å². The van der Waals surface area contributed by atoms with Crippen LogP contribution >= 0.6 is 11.3 Å². The molecule has 0 aliphatic heterocycles. The van der Waals surface area contributed by atoms with E-state index < -0.39 is 0 Å². The van der Waals surface area contributed by atoms with Crippen LogP contribution in [0.2, 0.25) is 0 Å². The van der Waals surface area contributed by atoms with Gasteiger partial charge in [0.25, 0.3) is 5.91 Å². The Hall–Kier alpha value is -1.68. The molecule has 2 rings (SSSR count). The zero-order valence-corrected chi connectivity index (χ0v) is 10.6. The number of hydrogen-bond acceptors (Lipinski definition) is 3. The monoisotopic (exact) mass is 246 g/mol. The normalized spacial score (nSPS) is 12.1. The van der Waals surface area contributed by atoms with Gasteiger partial charge >= 0.3 is 0 Å². The first-order chi connectivity index (χ1) is 8.16. The van der Waals surface area contributed by atoms with E-state index in [2.05, 4.69) is 10.3 Å². The Balaban J connectivity index is 2.04. The highest BCUT2D eigenvalue weighted by Gasteiger charge is 2.12. The van der Waals surface area contributed by atoms with Crippen molar-refractivity contribution in [3.8, 4) is 0 Å². The van der Waals surface area contributed by atoms with Gasteiger partial charge in [-0.05, 0) is 43.7 Å². The van der Waals surface area contributed by atoms with Gasteiger partial charge in [0, 0.05) is 17.3 Å². The van der Waals surface area contributed by atoms with Crippen LogP contribution in [0.3, 0.4) is 0 Å². The standard InChI is InChI=1S/C13H14N2OS/c1-9-3-4-12(17-9)13(16)15-10(2)11-5-7-14-8-6-11/h3-8,10H,1-2H3,(H,15,16)/t10-/m1/s1. The molecule has 0 saturated heterocycles. The van der Waals surface area contributed by atoms with Crippen LogP contribution in [0, 0.1) is 6.92 Å². The summed E-state index contributed by atoms with van der Waals surface area (Å²) >= 11 is 1.51. The summed E-state index contributed by atoms with van der Waals surface area (Å²) in [5.41, 5.74) is 1.06. The Kier molecular flexibility index (Phi) is 3.54. The Bertz CT molecular complexity index is 507. The van der Waals surface area contributed by atoms with Crippen molar-refractivity contribution >= 4 is 17.2 Å². The number of pyridine rings is 1. The molecule has 0 bridgehead atoms. The lowest BCUT2D eigenvalue weighted by Gasteiger charge is -2.13. The van der Waals surface area contributed by atoms with E-state index in [0.717, 1.165) is 15.3 Å². The van der Waals surface area contributed by atoms with E-state index in [9.17, 15) is 4.79 Å². The molecule has 1 atom stereocenters. The molecular weight excluding hydrogens is 232 g/mol. The highest BCUT2D eigenvalue weighted by Crippen LogP contribution is 2.17. The smallest absolute Gasteiger partial charge is 0.261 e. The third-order valence-electron chi connectivity index (χ3n) is 2.52. The van der Waals surface area contributed by atoms with Crippen molar-refractivity contribution in [3.05, 3.63) is 52.0 Å². The van der Waals surface area contributed by atoms with E-state index in [0.29, 0.717) is 0 Å². The van der Waals surface area contributed by atoms with E-state index in [1.54, 1.807) is 12.4 Å². The fraction of sp³-hybridized carbons (Fsp3) is 0.231. The predicted molar refractivity (Wildman–Crippen MR) is 69.2 cm³/mol. The first-order valence-electron chi connectivity index (χ1n) is 5.44. The molecule has 0 unspecified atom stereocenters. The van der Waals surface area contributed by atoms with Gasteiger partial charge in [0.05, 0.1) is 10.9 Å². The van der Waals surface area contributed by atoms with Crippen LogP contribution < -0.4 is 5.32 Å². The van der Waals surface area contributed by atoms with Crippen LogP contribution in [0.15, 0.2) is 36.7 Å². The molecular formula is C13H14N2OS. The van der Waals surface area contributed by atoms with E-state index >= 15 is 0 Å². The second-order valence-electron chi connectivity index (χ2n) is 3.89. The summed E-state index contributed by atoms with van der Waals surface area (Å²) in [6.45, 7) is 3.96. The molecule has 0 spiro atoms. The summed E-state index contributed by atoms with van der Waals surface area (Å²) in [4.78, 5) is 17.8. The number of amides is 1. The van der Waals surface area contributed by atoms with Crippen molar-refractivity contribution in [2.45, 2.75) is 19.9 Å². The third kappa shape index (κ3) is 2.91. The van der Waals surface area contributed by atoms with Crippen LogP contribution in [0.5, 0.6) is 0 Å². The van der Waals surface area contributed by atoms with Crippen molar-refractivity contribution in [2.75, 3.05) is 0 Å². The molecule has 0 saturated carbocycles. The van der Waals surface area contributed by atoms with Gasteiger partial charge in [-0.2, -0.15) is 0 Å². The second kappa shape index (κ2) is 5.10. The van der Waals surface area contributed by atoms with Crippen LogP contribution in [-0.4, -0.2) is 10.9 Å². The lowest BCUT2D eigenvalue weighted by molar-refractivity contribution is 0.0944. The maximum atomic E-state index is 11.9. The number of aromatic nitrogens is 1. The molecule has 0 aliphatic carbocycles. The molecule has 0 radical (unpaired) electrons. The van der Waals surface area contributed by atoms with Gasteiger partial charge in [-0.3, -0.25) is 9.78 Å². The first-order valence-corrected chi connectivity index (χ1v) is 6.25. The fourth-order valence-corrected chi connectivity index (χ4v) is 2.33. The number of carbonyl (C=O) groups is 1. The average Bonchev–Trinajstić information content (AvgIpc) is 2.77. The maximum absolute atomic E-state index is 11.9. The predicted octanol–water partition coefficient (Wildman–Crippen LogP) is 2.94. The largest absolute Gasteiger partial charge is 0.345 e. The van der Waals surface area contributed by atoms with Crippen molar-refractivity contribution < 1.29 is 4.79 Å². The van der Waals surface area contributed by atoms with Crippen LogP contribution in [0.25, 0.3) is 0 Å². The van der Waals surface area contributed by atoms with Gasteiger partial charge in [0.15, 0.2) is 0 Å². The molecule has 2 aromatic rings. The Morgan fingerprint density at radius 3 is 2.59 bits per heavy atom. The Morgan fingerprint density at radius 2 is 2.00 bits per heavy atom. The van der Waals surface area contributed by atoms with Crippen molar-refractivity contribution in [3.63, 3.8) is 0 Å². The van der Waals surface area contributed by atoms with Gasteiger partial charge in [-0.15, -0.1) is 11.3 Å². The average molecular weight is 246 g/mol. The summed E-state index contributed by atoms with van der Waals surface area (Å²) in [5, 5.41) is 2.97. The lowest BCUT2D eigenvalue weighted by atomic mass is 10.1. The van der Waals surface area contributed by atoms with Crippen LogP contribution in [0.1, 0.15) is 33.1 Å². The number of aryl methyl sites for hydroxylation is 1. The molecule has 3 nitrogen and oxygen atoms in total. The highest BCUT2D eigenvalue weighted by molar-refractivity contribution is 7.13. The number of nitrogens with one attached hydrogen (secondary N) is 1. The fourth-order valence-electron chi connectivity index (χ4n) is 1.56. The summed E-state index contributed by atoms with van der Waals surface area (Å²) in [5.74, 6) is -0.0209. The first kappa shape index (κ1) is 11.8. The molecule has 17 heavy (non-hydrogen) atoms. The number of hydrogen-bond donors (Lipinski definition) is 1. The van der Waals surface area contributed by atoms with Gasteiger partial charge in [0.2, 0.25) is 0 Å². The minimum atomic E-state index is -0.0209. The minimum Gasteiger partial charge on any atom is -0.345 e. The van der Waals surface area contributed by atoms with Crippen LogP contribution in [-0.2, 0) is 0 Å². The number of rotatable bonds is 3. The van der Waals surface area contributed by atoms with Gasteiger partial charge in [-0.25, -0.2) is 0 Å². The maximum Gasteiger partial charge on any atom is 0.261 e. The van der Waals surface area contributed by atoms with E-state index in [1.165, 1.54) is 11.3 Å². The quantitative estimate of drug-likeness (QED) is 0.904. The molecule has 2 heterocycles. The van der Waals surface area contributed by atoms with Gasteiger partial charge in [0.1, 0.15) is 0 Å². The van der Waals surface area contributed by atoms with E-state index in [1.807, 2.05) is 38.1 Å². The topological polar surface area (TPSA) is 42.0 Å². The summed E-state index contributed by atoms with van der Waals surface area (Å²) in [7, 11) is 0. The summed E-state index contributed by atoms with van der Waals surface area (Å²) < 4.78 is 0. The summed E-state index contributed by atoms with van der Waals surface area (Å²) in [6.07, 6.45) is 3.46.